The first-order valence-corrected chi connectivity index (χ1v) is 6.11. The van der Waals surface area contributed by atoms with E-state index in [0.29, 0.717) is 17.9 Å². The van der Waals surface area contributed by atoms with Crippen molar-refractivity contribution in [1.29, 1.82) is 0 Å². The summed E-state index contributed by atoms with van der Waals surface area (Å²) in [5.41, 5.74) is 0.759. The minimum absolute atomic E-state index is 0.409. The van der Waals surface area contributed by atoms with Crippen molar-refractivity contribution in [3.05, 3.63) is 16.4 Å². The molecule has 0 aliphatic rings. The lowest BCUT2D eigenvalue weighted by molar-refractivity contribution is -0.148. The minimum Gasteiger partial charge on any atom is -0.481 e. The monoisotopic (exact) mass is 258 g/mol. The number of halogens is 1. The fraction of sp³-hybridized carbons (Fsp3) is 0.667. The van der Waals surface area contributed by atoms with Gasteiger partial charge >= 0.3 is 5.97 Å². The summed E-state index contributed by atoms with van der Waals surface area (Å²) in [5.74, 6) is -0.783. The average Bonchev–Trinajstić information content (AvgIpc) is 2.45. The molecule has 1 aromatic heterocycles. The standard InChI is InChI=1S/C12H19ClN2O2/c1-5-6-12(3,11(16)17)7-9-10(13)8(2)14-15(9)4/h5-7H2,1-4H3,(H,16,17). The maximum Gasteiger partial charge on any atom is 0.309 e. The number of carboxylic acids is 1. The molecule has 0 bridgehead atoms. The maximum atomic E-state index is 11.4. The molecule has 0 aromatic carbocycles. The second-order valence-electron chi connectivity index (χ2n) is 4.76. The summed E-state index contributed by atoms with van der Waals surface area (Å²) >= 11 is 6.15. The number of hydrogen-bond donors (Lipinski definition) is 1. The molecule has 0 saturated carbocycles. The molecule has 0 saturated heterocycles. The van der Waals surface area contributed by atoms with Crippen molar-refractivity contribution < 1.29 is 9.90 Å². The van der Waals surface area contributed by atoms with Crippen LogP contribution >= 0.6 is 11.6 Å². The van der Waals surface area contributed by atoms with Crippen molar-refractivity contribution in [3.63, 3.8) is 0 Å². The van der Waals surface area contributed by atoms with Crippen molar-refractivity contribution in [1.82, 2.24) is 9.78 Å². The van der Waals surface area contributed by atoms with Gasteiger partial charge < -0.3 is 5.11 Å². The molecule has 0 aliphatic heterocycles. The van der Waals surface area contributed by atoms with Gasteiger partial charge in [0.05, 0.1) is 21.8 Å². The Bertz CT molecular complexity index is 428. The van der Waals surface area contributed by atoms with Gasteiger partial charge in [-0.3, -0.25) is 9.48 Å². The molecule has 5 heteroatoms. The van der Waals surface area contributed by atoms with Gasteiger partial charge in [0.1, 0.15) is 0 Å². The van der Waals surface area contributed by atoms with Crippen LogP contribution in [0, 0.1) is 12.3 Å². The van der Waals surface area contributed by atoms with Crippen molar-refractivity contribution in [2.24, 2.45) is 12.5 Å². The molecule has 1 rings (SSSR count). The van der Waals surface area contributed by atoms with Crippen LogP contribution in [0.3, 0.4) is 0 Å². The largest absolute Gasteiger partial charge is 0.481 e. The number of nitrogens with zero attached hydrogens (tertiary/aromatic N) is 2. The first-order chi connectivity index (χ1) is 7.81. The van der Waals surface area contributed by atoms with Crippen LogP contribution in [0.2, 0.25) is 5.02 Å². The van der Waals surface area contributed by atoms with E-state index in [1.54, 1.807) is 18.7 Å². The predicted molar refractivity (Wildman–Crippen MR) is 67.3 cm³/mol. The first-order valence-electron chi connectivity index (χ1n) is 5.73. The lowest BCUT2D eigenvalue weighted by Crippen LogP contribution is -2.30. The zero-order chi connectivity index (χ0) is 13.2. The van der Waals surface area contributed by atoms with Gasteiger partial charge in [0.15, 0.2) is 0 Å². The minimum atomic E-state index is -0.783. The lowest BCUT2D eigenvalue weighted by atomic mass is 9.81. The van der Waals surface area contributed by atoms with Gasteiger partial charge in [-0.1, -0.05) is 24.9 Å². The number of carboxylic acid groups (broad SMARTS) is 1. The molecule has 0 spiro atoms. The van der Waals surface area contributed by atoms with Crippen molar-refractivity contribution in [3.8, 4) is 0 Å². The van der Waals surface area contributed by atoms with Crippen molar-refractivity contribution in [2.75, 3.05) is 0 Å². The van der Waals surface area contributed by atoms with Crippen LogP contribution in [0.25, 0.3) is 0 Å². The topological polar surface area (TPSA) is 55.1 Å². The average molecular weight is 259 g/mol. The van der Waals surface area contributed by atoms with Gasteiger partial charge in [0, 0.05) is 13.5 Å². The molecule has 4 nitrogen and oxygen atoms in total. The number of carbonyl (C=O) groups is 1. The SMILES string of the molecule is CCCC(C)(Cc1c(Cl)c(C)nn1C)C(=O)O. The Morgan fingerprint density at radius 2 is 2.18 bits per heavy atom. The third kappa shape index (κ3) is 2.80. The molecular weight excluding hydrogens is 240 g/mol. The zero-order valence-electron chi connectivity index (χ0n) is 10.7. The third-order valence-corrected chi connectivity index (χ3v) is 3.63. The highest BCUT2D eigenvalue weighted by atomic mass is 35.5. The predicted octanol–water partition coefficient (Wildman–Crippen LogP) is 2.82. The maximum absolute atomic E-state index is 11.4. The summed E-state index contributed by atoms with van der Waals surface area (Å²) in [6.45, 7) is 5.57. The molecule has 0 aliphatic carbocycles. The Morgan fingerprint density at radius 1 is 1.59 bits per heavy atom. The molecule has 1 heterocycles. The Labute approximate surface area is 107 Å². The summed E-state index contributed by atoms with van der Waals surface area (Å²) in [6, 6.07) is 0. The van der Waals surface area contributed by atoms with E-state index in [1.165, 1.54) is 0 Å². The van der Waals surface area contributed by atoms with Crippen LogP contribution in [0.1, 0.15) is 38.1 Å². The molecule has 17 heavy (non-hydrogen) atoms. The van der Waals surface area contributed by atoms with Crippen molar-refractivity contribution in [2.45, 2.75) is 40.0 Å². The summed E-state index contributed by atoms with van der Waals surface area (Å²) in [7, 11) is 1.79. The molecule has 0 fully saturated rings. The van der Waals surface area contributed by atoms with Gasteiger partial charge in [-0.2, -0.15) is 5.10 Å². The van der Waals surface area contributed by atoms with E-state index in [-0.39, 0.29) is 0 Å². The highest BCUT2D eigenvalue weighted by Gasteiger charge is 2.34. The van der Waals surface area contributed by atoms with Crippen LogP contribution in [0.5, 0.6) is 0 Å². The Morgan fingerprint density at radius 3 is 2.53 bits per heavy atom. The molecular formula is C12H19ClN2O2. The first kappa shape index (κ1) is 14.0. The van der Waals surface area contributed by atoms with Crippen LogP contribution in [-0.4, -0.2) is 20.9 Å². The molecule has 1 N–H and O–H groups in total. The zero-order valence-corrected chi connectivity index (χ0v) is 11.5. The Hall–Kier alpha value is -1.03. The molecule has 1 aromatic rings. The fourth-order valence-corrected chi connectivity index (χ4v) is 2.29. The van der Waals surface area contributed by atoms with E-state index >= 15 is 0 Å². The number of aryl methyl sites for hydroxylation is 2. The fourth-order valence-electron chi connectivity index (χ4n) is 2.06. The quantitative estimate of drug-likeness (QED) is 0.884. The van der Waals surface area contributed by atoms with Gasteiger partial charge in [0.2, 0.25) is 0 Å². The van der Waals surface area contributed by atoms with Crippen LogP contribution in [-0.2, 0) is 18.3 Å². The second-order valence-corrected chi connectivity index (χ2v) is 5.14. The summed E-state index contributed by atoms with van der Waals surface area (Å²) < 4.78 is 1.68. The Balaban J connectivity index is 3.06. The second kappa shape index (κ2) is 5.08. The van der Waals surface area contributed by atoms with E-state index < -0.39 is 11.4 Å². The molecule has 0 radical (unpaired) electrons. The highest BCUT2D eigenvalue weighted by molar-refractivity contribution is 6.31. The summed E-state index contributed by atoms with van der Waals surface area (Å²) in [4.78, 5) is 11.4. The van der Waals surface area contributed by atoms with Crippen LogP contribution in [0.4, 0.5) is 0 Å². The number of aromatic nitrogens is 2. The molecule has 96 valence electrons. The number of hydrogen-bond acceptors (Lipinski definition) is 2. The van der Waals surface area contributed by atoms with Gasteiger partial charge in [-0.25, -0.2) is 0 Å². The lowest BCUT2D eigenvalue weighted by Gasteiger charge is -2.24. The van der Waals surface area contributed by atoms with Crippen LogP contribution < -0.4 is 0 Å². The smallest absolute Gasteiger partial charge is 0.309 e. The third-order valence-electron chi connectivity index (χ3n) is 3.14. The van der Waals surface area contributed by atoms with E-state index in [1.807, 2.05) is 13.8 Å². The van der Waals surface area contributed by atoms with Gasteiger partial charge in [-0.05, 0) is 20.3 Å². The van der Waals surface area contributed by atoms with E-state index in [2.05, 4.69) is 5.10 Å². The van der Waals surface area contributed by atoms with Gasteiger partial charge in [-0.15, -0.1) is 0 Å². The summed E-state index contributed by atoms with van der Waals surface area (Å²) in [6.07, 6.45) is 1.87. The Kier molecular flexibility index (Phi) is 4.20. The molecule has 1 atom stereocenters. The van der Waals surface area contributed by atoms with Crippen LogP contribution in [0.15, 0.2) is 0 Å². The molecule has 1 unspecified atom stereocenters. The number of aliphatic carboxylic acids is 1. The molecule has 0 amide bonds. The normalized spacial score (nSPS) is 14.6. The number of rotatable bonds is 5. The van der Waals surface area contributed by atoms with E-state index in [9.17, 15) is 9.90 Å². The van der Waals surface area contributed by atoms with E-state index in [0.717, 1.165) is 17.8 Å². The highest BCUT2D eigenvalue weighted by Crippen LogP contribution is 2.32. The van der Waals surface area contributed by atoms with E-state index in [4.69, 9.17) is 11.6 Å². The summed E-state index contributed by atoms with van der Waals surface area (Å²) in [5, 5.41) is 14.1. The van der Waals surface area contributed by atoms with Crippen molar-refractivity contribution >= 4 is 17.6 Å². The van der Waals surface area contributed by atoms with Gasteiger partial charge in [0.25, 0.3) is 0 Å².